The Bertz CT molecular complexity index is 1070. The molecule has 0 aromatic heterocycles. The topological polar surface area (TPSA) is 66.8 Å². The van der Waals surface area contributed by atoms with Crippen LogP contribution in [0.2, 0.25) is 0 Å². The molecule has 2 fully saturated rings. The summed E-state index contributed by atoms with van der Waals surface area (Å²) in [6.45, 7) is 2.24. The molecule has 31 heavy (non-hydrogen) atoms. The fourth-order valence-corrected chi connectivity index (χ4v) is 6.67. The van der Waals surface area contributed by atoms with Gasteiger partial charge in [0.05, 0.1) is 17.2 Å². The van der Waals surface area contributed by atoms with Crippen LogP contribution in [0, 0.1) is 29.6 Å². The SMILES string of the molecule is C#Cc1c(OC(=O)c2ccccc2)c(O)cc2c1[C@H]1CC[C@]3(C)[C@@H](O)CC[C@H]3[C@@H]1CC2. The van der Waals surface area contributed by atoms with E-state index in [2.05, 4.69) is 12.8 Å². The van der Waals surface area contributed by atoms with Crippen LogP contribution >= 0.6 is 0 Å². The normalized spacial score (nSPS) is 31.1. The van der Waals surface area contributed by atoms with Crippen molar-refractivity contribution in [3.05, 3.63) is 58.7 Å². The van der Waals surface area contributed by atoms with Crippen LogP contribution in [0.5, 0.6) is 11.5 Å². The number of fused-ring (bicyclic) bond motifs is 5. The van der Waals surface area contributed by atoms with E-state index in [9.17, 15) is 15.0 Å². The second-order valence-electron chi connectivity index (χ2n) is 9.63. The number of aliphatic hydroxyl groups is 1. The maximum Gasteiger partial charge on any atom is 0.343 e. The monoisotopic (exact) mass is 416 g/mol. The Balaban J connectivity index is 1.54. The number of benzene rings is 2. The van der Waals surface area contributed by atoms with Crippen LogP contribution in [0.15, 0.2) is 36.4 Å². The minimum atomic E-state index is -0.533. The van der Waals surface area contributed by atoms with Crippen molar-refractivity contribution in [2.24, 2.45) is 17.3 Å². The standard InChI is InChI=1S/C27H28O4/c1-3-18-24-17(15-22(28)25(18)31-26(30)16-7-5-4-6-8-16)9-10-19-20(24)13-14-27(2)21(19)11-12-23(27)29/h1,4-8,15,19-21,23,28-29H,9-14H2,2H3/t19-,20+,21+,23+,27+/m1/s1. The van der Waals surface area contributed by atoms with Crippen LogP contribution in [0.3, 0.4) is 0 Å². The van der Waals surface area contributed by atoms with Gasteiger partial charge in [0.25, 0.3) is 0 Å². The number of ether oxygens (including phenoxy) is 1. The molecule has 0 saturated heterocycles. The molecule has 160 valence electrons. The van der Waals surface area contributed by atoms with Gasteiger partial charge in [-0.25, -0.2) is 4.79 Å². The Kier molecular flexibility index (Phi) is 4.83. The van der Waals surface area contributed by atoms with E-state index in [-0.39, 0.29) is 28.9 Å². The van der Waals surface area contributed by atoms with E-state index >= 15 is 0 Å². The van der Waals surface area contributed by atoms with E-state index in [1.165, 1.54) is 0 Å². The van der Waals surface area contributed by atoms with Crippen LogP contribution in [0.4, 0.5) is 0 Å². The van der Waals surface area contributed by atoms with Crippen LogP contribution in [-0.2, 0) is 6.42 Å². The second-order valence-corrected chi connectivity index (χ2v) is 9.63. The minimum Gasteiger partial charge on any atom is -0.504 e. The van der Waals surface area contributed by atoms with Gasteiger partial charge >= 0.3 is 5.97 Å². The first-order valence-electron chi connectivity index (χ1n) is 11.2. The molecular formula is C27H28O4. The van der Waals surface area contributed by atoms with Crippen LogP contribution in [0.25, 0.3) is 0 Å². The molecule has 5 atom stereocenters. The zero-order valence-electron chi connectivity index (χ0n) is 17.8. The zero-order valence-corrected chi connectivity index (χ0v) is 17.8. The highest BCUT2D eigenvalue weighted by atomic mass is 16.5. The van der Waals surface area contributed by atoms with Gasteiger partial charge in [-0.1, -0.05) is 31.0 Å². The molecule has 0 radical (unpaired) electrons. The smallest absolute Gasteiger partial charge is 0.343 e. The largest absolute Gasteiger partial charge is 0.504 e. The molecule has 5 rings (SSSR count). The Morgan fingerprint density at radius 3 is 2.71 bits per heavy atom. The van der Waals surface area contributed by atoms with E-state index < -0.39 is 5.97 Å². The Morgan fingerprint density at radius 1 is 1.19 bits per heavy atom. The number of aliphatic hydroxyl groups excluding tert-OH is 1. The predicted molar refractivity (Wildman–Crippen MR) is 118 cm³/mol. The summed E-state index contributed by atoms with van der Waals surface area (Å²) >= 11 is 0. The summed E-state index contributed by atoms with van der Waals surface area (Å²) in [6.07, 6.45) is 11.4. The van der Waals surface area contributed by atoms with Crippen molar-refractivity contribution >= 4 is 5.97 Å². The molecular weight excluding hydrogens is 388 g/mol. The zero-order chi connectivity index (χ0) is 21.8. The lowest BCUT2D eigenvalue weighted by molar-refractivity contribution is -0.0226. The lowest BCUT2D eigenvalue weighted by Gasteiger charge is -2.50. The number of terminal acetylenes is 1. The van der Waals surface area contributed by atoms with Crippen LogP contribution in [-0.4, -0.2) is 22.3 Å². The highest BCUT2D eigenvalue weighted by Crippen LogP contribution is 2.61. The quantitative estimate of drug-likeness (QED) is 0.419. The summed E-state index contributed by atoms with van der Waals surface area (Å²) in [5.74, 6) is 3.43. The number of phenolic OH excluding ortho intramolecular Hbond substituents is 1. The summed E-state index contributed by atoms with van der Waals surface area (Å²) < 4.78 is 5.65. The third kappa shape index (κ3) is 3.06. The predicted octanol–water partition coefficient (Wildman–Crippen LogP) is 4.81. The maximum absolute atomic E-state index is 12.7. The van der Waals surface area contributed by atoms with Crippen molar-refractivity contribution in [1.82, 2.24) is 0 Å². The first kappa shape index (κ1) is 20.2. The average molecular weight is 417 g/mol. The maximum atomic E-state index is 12.7. The van der Waals surface area contributed by atoms with Gasteiger partial charge in [0, 0.05) is 0 Å². The average Bonchev–Trinajstić information content (AvgIpc) is 3.09. The number of carbonyl (C=O) groups is 1. The van der Waals surface area contributed by atoms with E-state index in [4.69, 9.17) is 11.2 Å². The number of aromatic hydroxyl groups is 1. The molecule has 0 aliphatic heterocycles. The number of carbonyl (C=O) groups excluding carboxylic acids is 1. The number of aryl methyl sites for hydroxylation is 1. The Labute approximate surface area is 183 Å². The van der Waals surface area contributed by atoms with Gasteiger partial charge < -0.3 is 14.9 Å². The molecule has 4 heteroatoms. The third-order valence-corrected chi connectivity index (χ3v) is 8.24. The van der Waals surface area contributed by atoms with E-state index in [0.717, 1.165) is 49.7 Å². The number of rotatable bonds is 2. The molecule has 0 bridgehead atoms. The molecule has 0 spiro atoms. The Hall–Kier alpha value is -2.77. The molecule has 2 aromatic carbocycles. The van der Waals surface area contributed by atoms with Crippen LogP contribution < -0.4 is 4.74 Å². The third-order valence-electron chi connectivity index (χ3n) is 8.24. The fourth-order valence-electron chi connectivity index (χ4n) is 6.67. The number of esters is 1. The highest BCUT2D eigenvalue weighted by Gasteiger charge is 2.54. The molecule has 2 N–H and O–H groups in total. The lowest BCUT2D eigenvalue weighted by Crippen LogP contribution is -2.44. The van der Waals surface area contributed by atoms with Gasteiger partial charge in [-0.15, -0.1) is 6.42 Å². The molecule has 0 amide bonds. The Morgan fingerprint density at radius 2 is 1.97 bits per heavy atom. The van der Waals surface area contributed by atoms with E-state index in [1.807, 2.05) is 6.07 Å². The van der Waals surface area contributed by atoms with E-state index in [0.29, 0.717) is 23.0 Å². The molecule has 3 aliphatic rings. The summed E-state index contributed by atoms with van der Waals surface area (Å²) in [7, 11) is 0. The van der Waals surface area contributed by atoms with Crippen molar-refractivity contribution in [3.63, 3.8) is 0 Å². The van der Waals surface area contributed by atoms with Crippen molar-refractivity contribution in [2.75, 3.05) is 0 Å². The van der Waals surface area contributed by atoms with Gasteiger partial charge in [-0.05, 0) is 91.0 Å². The van der Waals surface area contributed by atoms with E-state index in [1.54, 1.807) is 30.3 Å². The van der Waals surface area contributed by atoms with Crippen molar-refractivity contribution in [2.45, 2.75) is 57.5 Å². The van der Waals surface area contributed by atoms with Gasteiger partial charge in [0.1, 0.15) is 0 Å². The molecule has 0 unspecified atom stereocenters. The minimum absolute atomic E-state index is 0.0193. The van der Waals surface area contributed by atoms with Crippen molar-refractivity contribution in [3.8, 4) is 23.8 Å². The van der Waals surface area contributed by atoms with Crippen molar-refractivity contribution in [1.29, 1.82) is 0 Å². The molecule has 0 heterocycles. The number of hydrogen-bond acceptors (Lipinski definition) is 4. The summed E-state index contributed by atoms with van der Waals surface area (Å²) in [4.78, 5) is 12.7. The number of hydrogen-bond donors (Lipinski definition) is 2. The summed E-state index contributed by atoms with van der Waals surface area (Å²) in [5.41, 5.74) is 3.03. The number of phenols is 1. The van der Waals surface area contributed by atoms with Crippen LogP contribution in [0.1, 0.15) is 72.0 Å². The molecule has 3 aliphatic carbocycles. The summed E-state index contributed by atoms with van der Waals surface area (Å²) in [5, 5.41) is 21.3. The van der Waals surface area contributed by atoms with Crippen molar-refractivity contribution < 1.29 is 19.7 Å². The summed E-state index contributed by atoms with van der Waals surface area (Å²) in [6, 6.07) is 10.5. The molecule has 2 saturated carbocycles. The molecule has 4 nitrogen and oxygen atoms in total. The molecule has 2 aromatic rings. The van der Waals surface area contributed by atoms with Gasteiger partial charge in [0.15, 0.2) is 11.5 Å². The first-order valence-corrected chi connectivity index (χ1v) is 11.2. The highest BCUT2D eigenvalue weighted by molar-refractivity contribution is 5.91. The van der Waals surface area contributed by atoms with Gasteiger partial charge in [-0.3, -0.25) is 0 Å². The fraction of sp³-hybridized carbons (Fsp3) is 0.444. The lowest BCUT2D eigenvalue weighted by atomic mass is 9.55. The first-order chi connectivity index (χ1) is 14.9. The van der Waals surface area contributed by atoms with Gasteiger partial charge in [-0.2, -0.15) is 0 Å². The second kappa shape index (κ2) is 7.43. The van der Waals surface area contributed by atoms with Gasteiger partial charge in [0.2, 0.25) is 0 Å².